The molecular formula is C17H19BrN2O3. The molecule has 122 valence electrons. The van der Waals surface area contributed by atoms with Gasteiger partial charge in [0.25, 0.3) is 0 Å². The van der Waals surface area contributed by atoms with E-state index in [9.17, 15) is 14.7 Å². The lowest BCUT2D eigenvalue weighted by molar-refractivity contribution is -0.143. The van der Waals surface area contributed by atoms with Crippen molar-refractivity contribution in [3.63, 3.8) is 0 Å². The summed E-state index contributed by atoms with van der Waals surface area (Å²) in [4.78, 5) is 25.6. The lowest BCUT2D eigenvalue weighted by Gasteiger charge is -2.24. The number of carboxylic acids is 1. The van der Waals surface area contributed by atoms with Crippen molar-refractivity contribution in [1.82, 2.24) is 9.47 Å². The van der Waals surface area contributed by atoms with Crippen LogP contribution in [0.2, 0.25) is 0 Å². The summed E-state index contributed by atoms with van der Waals surface area (Å²) in [6, 6.07) is 7.68. The van der Waals surface area contributed by atoms with Gasteiger partial charge >= 0.3 is 5.97 Å². The van der Waals surface area contributed by atoms with Gasteiger partial charge in [-0.3, -0.25) is 9.59 Å². The number of carbonyl (C=O) groups excluding carboxylic acids is 1. The molecule has 1 aliphatic rings. The van der Waals surface area contributed by atoms with Gasteiger partial charge in [0.05, 0.1) is 5.92 Å². The molecule has 2 aromatic rings. The van der Waals surface area contributed by atoms with Crippen LogP contribution in [0.15, 0.2) is 28.7 Å². The highest BCUT2D eigenvalue weighted by atomic mass is 79.9. The van der Waals surface area contributed by atoms with E-state index in [0.29, 0.717) is 13.0 Å². The number of carboxylic acid groups (broad SMARTS) is 1. The van der Waals surface area contributed by atoms with Gasteiger partial charge in [-0.1, -0.05) is 18.2 Å². The third-order valence-corrected chi connectivity index (χ3v) is 5.84. The number of hydrogen-bond acceptors (Lipinski definition) is 2. The van der Waals surface area contributed by atoms with E-state index < -0.39 is 11.9 Å². The van der Waals surface area contributed by atoms with Gasteiger partial charge in [-0.05, 0) is 42.3 Å². The van der Waals surface area contributed by atoms with Crippen molar-refractivity contribution in [2.24, 2.45) is 5.92 Å². The number of nitrogens with zero attached hydrogens (tertiary/aromatic N) is 2. The van der Waals surface area contributed by atoms with Crippen LogP contribution in [0.3, 0.4) is 0 Å². The highest BCUT2D eigenvalue weighted by Gasteiger charge is 2.38. The number of halogens is 1. The molecule has 1 aromatic carbocycles. The van der Waals surface area contributed by atoms with Crippen LogP contribution in [0, 0.1) is 12.8 Å². The maximum Gasteiger partial charge on any atom is 0.308 e. The van der Waals surface area contributed by atoms with Crippen LogP contribution in [0.5, 0.6) is 0 Å². The number of aliphatic carboxylic acids is 1. The second-order valence-corrected chi connectivity index (χ2v) is 6.86. The van der Waals surface area contributed by atoms with E-state index in [1.807, 2.05) is 42.7 Å². The Morgan fingerprint density at radius 3 is 2.70 bits per heavy atom. The lowest BCUT2D eigenvalue weighted by atomic mass is 10.0. The first-order valence-electron chi connectivity index (χ1n) is 7.67. The van der Waals surface area contributed by atoms with E-state index in [1.54, 1.807) is 4.90 Å². The van der Waals surface area contributed by atoms with Crippen molar-refractivity contribution in [1.29, 1.82) is 0 Å². The van der Waals surface area contributed by atoms with Crippen LogP contribution >= 0.6 is 15.9 Å². The molecule has 2 atom stereocenters. The Morgan fingerprint density at radius 2 is 2.04 bits per heavy atom. The summed E-state index contributed by atoms with van der Waals surface area (Å²) < 4.78 is 2.99. The van der Waals surface area contributed by atoms with Crippen molar-refractivity contribution in [2.45, 2.75) is 32.9 Å². The average Bonchev–Trinajstić information content (AvgIpc) is 3.02. The van der Waals surface area contributed by atoms with Crippen molar-refractivity contribution in [2.75, 3.05) is 6.54 Å². The van der Waals surface area contributed by atoms with Gasteiger partial charge in [0.1, 0.15) is 6.54 Å². The Bertz CT molecular complexity index is 783. The summed E-state index contributed by atoms with van der Waals surface area (Å²) in [6.07, 6.45) is 0.525. The Kier molecular flexibility index (Phi) is 4.19. The molecule has 0 aliphatic carbocycles. The Hall–Kier alpha value is -1.82. The first-order valence-corrected chi connectivity index (χ1v) is 8.46. The number of hydrogen-bond donors (Lipinski definition) is 1. The van der Waals surface area contributed by atoms with Crippen LogP contribution < -0.4 is 0 Å². The van der Waals surface area contributed by atoms with Gasteiger partial charge in [-0.2, -0.15) is 0 Å². The summed E-state index contributed by atoms with van der Waals surface area (Å²) >= 11 is 3.59. The molecule has 1 aliphatic heterocycles. The SMILES string of the molecule is Cc1c(Br)c2ccccc2n1CC(=O)N1CCC(C(=O)O)C1C. The monoisotopic (exact) mass is 378 g/mol. The van der Waals surface area contributed by atoms with Crippen LogP contribution in [-0.4, -0.2) is 39.0 Å². The molecule has 1 amide bonds. The Morgan fingerprint density at radius 1 is 1.35 bits per heavy atom. The molecule has 23 heavy (non-hydrogen) atoms. The normalized spacial score (nSPS) is 21.1. The van der Waals surface area contributed by atoms with Gasteiger partial charge in [0.2, 0.25) is 5.91 Å². The molecule has 2 unspecified atom stereocenters. The largest absolute Gasteiger partial charge is 0.481 e. The molecule has 1 N–H and O–H groups in total. The summed E-state index contributed by atoms with van der Waals surface area (Å²) in [5.74, 6) is -1.32. The first-order chi connectivity index (χ1) is 10.9. The minimum atomic E-state index is -0.821. The number of para-hydroxylation sites is 1. The molecule has 5 nitrogen and oxygen atoms in total. The van der Waals surface area contributed by atoms with Gasteiger partial charge in [0.15, 0.2) is 0 Å². The zero-order chi connectivity index (χ0) is 16.7. The van der Waals surface area contributed by atoms with Gasteiger partial charge in [-0.25, -0.2) is 0 Å². The minimum Gasteiger partial charge on any atom is -0.481 e. The quantitative estimate of drug-likeness (QED) is 0.892. The highest BCUT2D eigenvalue weighted by molar-refractivity contribution is 9.10. The lowest BCUT2D eigenvalue weighted by Crippen LogP contribution is -2.39. The third kappa shape index (κ3) is 2.65. The van der Waals surface area contributed by atoms with Gasteiger partial charge in [-0.15, -0.1) is 0 Å². The number of benzene rings is 1. The summed E-state index contributed by atoms with van der Waals surface area (Å²) in [7, 11) is 0. The number of amides is 1. The number of carbonyl (C=O) groups is 2. The number of aromatic nitrogens is 1. The predicted octanol–water partition coefficient (Wildman–Crippen LogP) is 3.03. The van der Waals surface area contributed by atoms with Crippen LogP contribution in [-0.2, 0) is 16.1 Å². The Labute approximate surface area is 143 Å². The van der Waals surface area contributed by atoms with E-state index in [-0.39, 0.29) is 18.5 Å². The molecule has 2 heterocycles. The summed E-state index contributed by atoms with van der Waals surface area (Å²) in [5.41, 5.74) is 2.01. The second kappa shape index (κ2) is 6.00. The first kappa shape index (κ1) is 16.1. The van der Waals surface area contributed by atoms with E-state index in [4.69, 9.17) is 0 Å². The zero-order valence-corrected chi connectivity index (χ0v) is 14.7. The maximum atomic E-state index is 12.7. The fraction of sp³-hybridized carbons (Fsp3) is 0.412. The van der Waals surface area contributed by atoms with E-state index in [2.05, 4.69) is 15.9 Å². The fourth-order valence-electron chi connectivity index (χ4n) is 3.44. The fourth-order valence-corrected chi connectivity index (χ4v) is 3.99. The van der Waals surface area contributed by atoms with E-state index in [0.717, 1.165) is 21.1 Å². The minimum absolute atomic E-state index is 0.0300. The standard InChI is InChI=1S/C17H19BrN2O3/c1-10-12(17(22)23)7-8-19(10)15(21)9-20-11(2)16(18)13-5-3-4-6-14(13)20/h3-6,10,12H,7-9H2,1-2H3,(H,22,23). The van der Waals surface area contributed by atoms with Crippen LogP contribution in [0.1, 0.15) is 19.0 Å². The van der Waals surface area contributed by atoms with Crippen molar-refractivity contribution >= 4 is 38.7 Å². The topological polar surface area (TPSA) is 62.5 Å². The number of fused-ring (bicyclic) bond motifs is 1. The smallest absolute Gasteiger partial charge is 0.308 e. The molecule has 3 rings (SSSR count). The van der Waals surface area contributed by atoms with Crippen LogP contribution in [0.4, 0.5) is 0 Å². The van der Waals surface area contributed by atoms with E-state index in [1.165, 1.54) is 0 Å². The van der Waals surface area contributed by atoms with E-state index >= 15 is 0 Å². The number of likely N-dealkylation sites (tertiary alicyclic amines) is 1. The molecule has 6 heteroatoms. The molecule has 1 fully saturated rings. The average molecular weight is 379 g/mol. The second-order valence-electron chi connectivity index (χ2n) is 6.06. The number of rotatable bonds is 3. The maximum absolute atomic E-state index is 12.7. The van der Waals surface area contributed by atoms with Crippen LogP contribution in [0.25, 0.3) is 10.9 Å². The van der Waals surface area contributed by atoms with Crippen molar-refractivity contribution < 1.29 is 14.7 Å². The molecule has 0 bridgehead atoms. The van der Waals surface area contributed by atoms with Gasteiger partial charge < -0.3 is 14.6 Å². The van der Waals surface area contributed by atoms with Gasteiger partial charge in [0, 0.05) is 33.7 Å². The summed E-state index contributed by atoms with van der Waals surface area (Å²) in [5, 5.41) is 10.3. The predicted molar refractivity (Wildman–Crippen MR) is 91.3 cm³/mol. The molecular weight excluding hydrogens is 360 g/mol. The summed E-state index contributed by atoms with van der Waals surface area (Å²) in [6.45, 7) is 4.54. The Balaban J connectivity index is 1.87. The zero-order valence-electron chi connectivity index (χ0n) is 13.1. The van der Waals surface area contributed by atoms with Crippen molar-refractivity contribution in [3.8, 4) is 0 Å². The van der Waals surface area contributed by atoms with Crippen molar-refractivity contribution in [3.05, 3.63) is 34.4 Å². The molecule has 0 spiro atoms. The molecule has 0 radical (unpaired) electrons. The third-order valence-electron chi connectivity index (χ3n) is 4.84. The molecule has 1 saturated heterocycles. The highest BCUT2D eigenvalue weighted by Crippen LogP contribution is 2.31. The molecule has 0 saturated carbocycles. The molecule has 1 aromatic heterocycles.